The molecule has 8 heteroatoms. The number of hydrogen-bond acceptors (Lipinski definition) is 5. The Morgan fingerprint density at radius 2 is 1.84 bits per heavy atom. The van der Waals surface area contributed by atoms with Crippen LogP contribution < -0.4 is 5.32 Å². The number of sulfonamides is 1. The molecule has 3 aromatic rings. The lowest BCUT2D eigenvalue weighted by molar-refractivity contribution is 0.102. The van der Waals surface area contributed by atoms with Crippen LogP contribution in [0.1, 0.15) is 40.7 Å². The van der Waals surface area contributed by atoms with Crippen molar-refractivity contribution in [3.63, 3.8) is 0 Å². The smallest absolute Gasteiger partial charge is 0.257 e. The fraction of sp³-hybridized carbons (Fsp3) is 0.250. The van der Waals surface area contributed by atoms with Crippen LogP contribution >= 0.6 is 11.3 Å². The van der Waals surface area contributed by atoms with Gasteiger partial charge in [0.05, 0.1) is 10.6 Å². The number of nitrogens with one attached hydrogen (secondary N) is 1. The van der Waals surface area contributed by atoms with E-state index in [2.05, 4.69) is 16.2 Å². The van der Waals surface area contributed by atoms with Crippen molar-refractivity contribution >= 4 is 32.4 Å². The van der Waals surface area contributed by atoms with Crippen LogP contribution in [0.3, 0.4) is 0 Å². The molecular formula is C24H23N3O3S2. The molecule has 1 saturated heterocycles. The largest absolute Gasteiger partial charge is 0.298 e. The van der Waals surface area contributed by atoms with Gasteiger partial charge in [-0.25, -0.2) is 13.4 Å². The Kier molecular flexibility index (Phi) is 6.42. The van der Waals surface area contributed by atoms with Crippen LogP contribution in [0.15, 0.2) is 52.7 Å². The minimum atomic E-state index is -3.52. The van der Waals surface area contributed by atoms with Crippen LogP contribution in [0.4, 0.5) is 5.13 Å². The van der Waals surface area contributed by atoms with E-state index in [1.54, 1.807) is 0 Å². The molecule has 4 rings (SSSR count). The van der Waals surface area contributed by atoms with Crippen LogP contribution in [0.25, 0.3) is 11.3 Å². The number of piperidine rings is 1. The molecule has 2 heterocycles. The highest BCUT2D eigenvalue weighted by molar-refractivity contribution is 7.89. The number of benzene rings is 2. The van der Waals surface area contributed by atoms with Crippen LogP contribution in [-0.4, -0.2) is 36.7 Å². The quantitative estimate of drug-likeness (QED) is 0.562. The summed E-state index contributed by atoms with van der Waals surface area (Å²) in [6, 6.07) is 11.8. The Morgan fingerprint density at radius 1 is 1.12 bits per heavy atom. The maximum absolute atomic E-state index is 12.8. The third-order valence-electron chi connectivity index (χ3n) is 5.47. The Hall–Kier alpha value is -2.99. The summed E-state index contributed by atoms with van der Waals surface area (Å²) >= 11 is 1.32. The summed E-state index contributed by atoms with van der Waals surface area (Å²) in [4.78, 5) is 17.4. The second-order valence-electron chi connectivity index (χ2n) is 7.66. The van der Waals surface area contributed by atoms with Crippen molar-refractivity contribution in [3.8, 4) is 23.6 Å². The fourth-order valence-electron chi connectivity index (χ4n) is 3.64. The molecular weight excluding hydrogens is 442 g/mol. The van der Waals surface area contributed by atoms with Crippen molar-refractivity contribution < 1.29 is 13.2 Å². The number of amides is 1. The molecule has 0 bridgehead atoms. The van der Waals surface area contributed by atoms with E-state index >= 15 is 0 Å². The summed E-state index contributed by atoms with van der Waals surface area (Å²) in [5.74, 6) is 2.28. The first-order valence-electron chi connectivity index (χ1n) is 10.3. The Labute approximate surface area is 192 Å². The summed E-state index contributed by atoms with van der Waals surface area (Å²) in [5, 5.41) is 5.11. The maximum atomic E-state index is 12.8. The van der Waals surface area contributed by atoms with Gasteiger partial charge >= 0.3 is 0 Å². The predicted octanol–water partition coefficient (Wildman–Crippen LogP) is 4.53. The first-order chi connectivity index (χ1) is 15.4. The summed E-state index contributed by atoms with van der Waals surface area (Å²) in [6.45, 7) is 3.06. The third-order valence-corrected chi connectivity index (χ3v) is 8.14. The topological polar surface area (TPSA) is 79.4 Å². The number of nitrogens with zero attached hydrogens (tertiary/aromatic N) is 2. The Bertz CT molecular complexity index is 1280. The molecule has 2 aromatic carbocycles. The minimum absolute atomic E-state index is 0.205. The number of anilines is 1. The van der Waals surface area contributed by atoms with Gasteiger partial charge in [-0.3, -0.25) is 10.1 Å². The third kappa shape index (κ3) is 4.60. The summed E-state index contributed by atoms with van der Waals surface area (Å²) in [5.41, 5.74) is 3.83. The molecule has 1 aromatic heterocycles. The SMILES string of the molecule is C#Cc1ccc(C)c(-c2csc(NC(=O)c3ccc(S(=O)(=O)N4CCCCC4)cc3)n2)c1. The van der Waals surface area contributed by atoms with Crippen LogP contribution in [0.2, 0.25) is 0 Å². The molecule has 32 heavy (non-hydrogen) atoms. The lowest BCUT2D eigenvalue weighted by atomic mass is 10.0. The first-order valence-corrected chi connectivity index (χ1v) is 12.7. The summed E-state index contributed by atoms with van der Waals surface area (Å²) < 4.78 is 27.1. The molecule has 1 amide bonds. The van der Waals surface area contributed by atoms with E-state index in [9.17, 15) is 13.2 Å². The Morgan fingerprint density at radius 3 is 2.53 bits per heavy atom. The van der Waals surface area contributed by atoms with Gasteiger partial charge in [0.25, 0.3) is 5.91 Å². The van der Waals surface area contributed by atoms with Crippen LogP contribution in [-0.2, 0) is 10.0 Å². The van der Waals surface area contributed by atoms with E-state index in [0.717, 1.165) is 41.6 Å². The number of aryl methyl sites for hydroxylation is 1. The molecule has 0 radical (unpaired) electrons. The summed E-state index contributed by atoms with van der Waals surface area (Å²) in [6.07, 6.45) is 8.31. The van der Waals surface area contributed by atoms with E-state index in [0.29, 0.717) is 23.8 Å². The van der Waals surface area contributed by atoms with Crippen molar-refractivity contribution in [2.75, 3.05) is 18.4 Å². The molecule has 6 nitrogen and oxygen atoms in total. The second-order valence-corrected chi connectivity index (χ2v) is 10.5. The highest BCUT2D eigenvalue weighted by Gasteiger charge is 2.26. The van der Waals surface area contributed by atoms with Crippen molar-refractivity contribution in [2.45, 2.75) is 31.1 Å². The van der Waals surface area contributed by atoms with Crippen LogP contribution in [0, 0.1) is 19.3 Å². The zero-order chi connectivity index (χ0) is 22.7. The zero-order valence-electron chi connectivity index (χ0n) is 17.7. The van der Waals surface area contributed by atoms with E-state index in [-0.39, 0.29) is 10.8 Å². The van der Waals surface area contributed by atoms with Crippen LogP contribution in [0.5, 0.6) is 0 Å². The number of thiazole rings is 1. The lowest BCUT2D eigenvalue weighted by Gasteiger charge is -2.25. The molecule has 164 valence electrons. The van der Waals surface area contributed by atoms with Gasteiger partial charge in [0.1, 0.15) is 0 Å². The van der Waals surface area contributed by atoms with Crippen molar-refractivity contribution in [1.82, 2.24) is 9.29 Å². The summed E-state index contributed by atoms with van der Waals surface area (Å²) in [7, 11) is -3.52. The van der Waals surface area contributed by atoms with Gasteiger partial charge in [0.15, 0.2) is 5.13 Å². The van der Waals surface area contributed by atoms with E-state index < -0.39 is 10.0 Å². The minimum Gasteiger partial charge on any atom is -0.298 e. The van der Waals surface area contributed by atoms with Crippen molar-refractivity contribution in [1.29, 1.82) is 0 Å². The van der Waals surface area contributed by atoms with E-state index in [4.69, 9.17) is 6.42 Å². The highest BCUT2D eigenvalue weighted by Crippen LogP contribution is 2.28. The van der Waals surface area contributed by atoms with Gasteiger partial charge < -0.3 is 0 Å². The molecule has 0 aliphatic carbocycles. The number of carbonyl (C=O) groups is 1. The predicted molar refractivity (Wildman–Crippen MR) is 127 cm³/mol. The van der Waals surface area contributed by atoms with Gasteiger partial charge in [-0.1, -0.05) is 18.4 Å². The number of terminal acetylenes is 1. The average molecular weight is 466 g/mol. The average Bonchev–Trinajstić information content (AvgIpc) is 3.28. The van der Waals surface area contributed by atoms with Gasteiger partial charge in [-0.2, -0.15) is 4.31 Å². The zero-order valence-corrected chi connectivity index (χ0v) is 19.3. The normalized spacial score (nSPS) is 14.6. The first kappa shape index (κ1) is 22.2. The molecule has 1 aliphatic rings. The molecule has 1 N–H and O–H groups in total. The molecule has 0 atom stereocenters. The second kappa shape index (κ2) is 9.25. The maximum Gasteiger partial charge on any atom is 0.257 e. The van der Waals surface area contributed by atoms with Crippen molar-refractivity contribution in [2.24, 2.45) is 0 Å². The fourth-order valence-corrected chi connectivity index (χ4v) is 5.87. The number of rotatable bonds is 5. The van der Waals surface area contributed by atoms with Gasteiger partial charge in [-0.15, -0.1) is 17.8 Å². The van der Waals surface area contributed by atoms with Crippen molar-refractivity contribution in [3.05, 3.63) is 64.5 Å². The molecule has 0 unspecified atom stereocenters. The van der Waals surface area contributed by atoms with Gasteiger partial charge in [-0.05, 0) is 61.7 Å². The monoisotopic (exact) mass is 465 g/mol. The number of carbonyl (C=O) groups excluding carboxylic acids is 1. The molecule has 1 fully saturated rings. The molecule has 0 saturated carbocycles. The van der Waals surface area contributed by atoms with E-state index in [1.165, 1.54) is 39.9 Å². The van der Waals surface area contributed by atoms with Gasteiger partial charge in [0, 0.05) is 35.2 Å². The Balaban J connectivity index is 1.48. The molecule has 0 spiro atoms. The molecule has 1 aliphatic heterocycles. The van der Waals surface area contributed by atoms with Gasteiger partial charge in [0.2, 0.25) is 10.0 Å². The highest BCUT2D eigenvalue weighted by atomic mass is 32.2. The number of hydrogen-bond donors (Lipinski definition) is 1. The number of aromatic nitrogens is 1. The lowest BCUT2D eigenvalue weighted by Crippen LogP contribution is -2.35. The van der Waals surface area contributed by atoms with E-state index in [1.807, 2.05) is 30.5 Å². The standard InChI is InChI=1S/C24H23N3O3S2/c1-3-18-8-7-17(2)21(15-18)22-16-31-24(25-22)26-23(28)19-9-11-20(12-10-19)32(29,30)27-13-5-4-6-14-27/h1,7-12,15-16H,4-6,13-14H2,2H3,(H,25,26,28).